The lowest BCUT2D eigenvalue weighted by Gasteiger charge is -2.17. The van der Waals surface area contributed by atoms with Crippen molar-refractivity contribution >= 4 is 29.3 Å². The van der Waals surface area contributed by atoms with Gasteiger partial charge >= 0.3 is 0 Å². The zero-order valence-electron chi connectivity index (χ0n) is 17.8. The first-order chi connectivity index (χ1) is 16.6. The molecule has 5 aromatic rings. The summed E-state index contributed by atoms with van der Waals surface area (Å²) in [4.78, 5) is 18.4. The molecule has 166 valence electrons. The van der Waals surface area contributed by atoms with Crippen LogP contribution in [0.15, 0.2) is 101 Å². The first kappa shape index (κ1) is 21.4. The molecule has 0 aliphatic carbocycles. The van der Waals surface area contributed by atoms with E-state index in [1.807, 2.05) is 54.6 Å². The van der Waals surface area contributed by atoms with Gasteiger partial charge in [-0.3, -0.25) is 9.36 Å². The molecule has 0 saturated heterocycles. The fourth-order valence-electron chi connectivity index (χ4n) is 3.60. The first-order valence-electron chi connectivity index (χ1n) is 10.4. The van der Waals surface area contributed by atoms with Crippen LogP contribution in [0.5, 0.6) is 0 Å². The second-order valence-corrected chi connectivity index (χ2v) is 7.88. The summed E-state index contributed by atoms with van der Waals surface area (Å²) in [6.45, 7) is 0. The number of rotatable bonds is 6. The van der Waals surface area contributed by atoms with Crippen LogP contribution >= 0.6 is 11.6 Å². The van der Waals surface area contributed by atoms with Gasteiger partial charge in [0.1, 0.15) is 23.5 Å². The molecule has 0 amide bonds. The molecule has 2 aromatic heterocycles. The third kappa shape index (κ3) is 4.12. The molecule has 34 heavy (non-hydrogen) atoms. The van der Waals surface area contributed by atoms with Crippen LogP contribution in [-0.4, -0.2) is 20.9 Å². The van der Waals surface area contributed by atoms with Crippen LogP contribution in [0.1, 0.15) is 5.56 Å². The van der Waals surface area contributed by atoms with E-state index in [0.717, 1.165) is 28.6 Å². The van der Waals surface area contributed by atoms with E-state index in [-0.39, 0.29) is 11.1 Å². The van der Waals surface area contributed by atoms with Gasteiger partial charge in [-0.05, 0) is 42.0 Å². The summed E-state index contributed by atoms with van der Waals surface area (Å²) in [5.41, 5.74) is 3.61. The van der Waals surface area contributed by atoms with Gasteiger partial charge in [0.25, 0.3) is 5.56 Å². The number of hydrogen-bond donors (Lipinski definition) is 2. The summed E-state index contributed by atoms with van der Waals surface area (Å²) in [7, 11) is 0. The molecular weight excluding hydrogens is 450 g/mol. The Morgan fingerprint density at radius 3 is 2.26 bits per heavy atom. The summed E-state index contributed by atoms with van der Waals surface area (Å²) in [6.07, 6.45) is 4.22. The van der Waals surface area contributed by atoms with E-state index in [4.69, 9.17) is 26.5 Å². The molecule has 0 aliphatic heterocycles. The Hall–Kier alpha value is -4.49. The highest BCUT2D eigenvalue weighted by atomic mass is 35.5. The van der Waals surface area contributed by atoms with Gasteiger partial charge < -0.3 is 15.2 Å². The maximum Gasteiger partial charge on any atom is 0.269 e. The first-order valence-corrected chi connectivity index (χ1v) is 10.8. The van der Waals surface area contributed by atoms with E-state index in [0.29, 0.717) is 22.4 Å². The van der Waals surface area contributed by atoms with Crippen molar-refractivity contribution in [3.63, 3.8) is 0 Å². The Balaban J connectivity index is 1.71. The fraction of sp³-hybridized carbons (Fsp3) is 0. The van der Waals surface area contributed by atoms with Gasteiger partial charge in [0.05, 0.1) is 11.9 Å². The van der Waals surface area contributed by atoms with Gasteiger partial charge in [-0.2, -0.15) is 0 Å². The van der Waals surface area contributed by atoms with Gasteiger partial charge in [-0.25, -0.2) is 4.98 Å². The van der Waals surface area contributed by atoms with Crippen LogP contribution in [0, 0.1) is 5.41 Å². The summed E-state index contributed by atoms with van der Waals surface area (Å²) >= 11 is 6.07. The standard InChI is InChI=1S/C26H18ClN5O2/c27-20-10-12-22(13-11-20)32-25(18-8-6-17(7-9-18)19-15-29-34-16-19)31-24(23(14-28)26(32)33)30-21-4-2-1-3-5-21/h1-16,28,30H. The molecule has 2 heterocycles. The maximum atomic E-state index is 13.6. The number of nitrogens with zero attached hydrogens (tertiary/aromatic N) is 3. The number of benzene rings is 3. The minimum atomic E-state index is -0.371. The average Bonchev–Trinajstić information content (AvgIpc) is 3.41. The molecule has 3 aromatic carbocycles. The highest BCUT2D eigenvalue weighted by Crippen LogP contribution is 2.27. The minimum Gasteiger partial charge on any atom is -0.364 e. The van der Waals surface area contributed by atoms with E-state index >= 15 is 0 Å². The van der Waals surface area contributed by atoms with E-state index < -0.39 is 0 Å². The molecule has 0 spiro atoms. The second-order valence-electron chi connectivity index (χ2n) is 7.44. The highest BCUT2D eigenvalue weighted by molar-refractivity contribution is 6.30. The molecule has 7 nitrogen and oxygen atoms in total. The summed E-state index contributed by atoms with van der Waals surface area (Å²) in [5, 5.41) is 15.4. The van der Waals surface area contributed by atoms with Crippen LogP contribution in [0.25, 0.3) is 28.2 Å². The third-order valence-corrected chi connectivity index (χ3v) is 5.54. The fourth-order valence-corrected chi connectivity index (χ4v) is 3.73. The van der Waals surface area contributed by atoms with Crippen LogP contribution in [0.3, 0.4) is 0 Å². The lowest BCUT2D eigenvalue weighted by atomic mass is 10.1. The number of nitrogens with one attached hydrogen (secondary N) is 2. The van der Waals surface area contributed by atoms with E-state index in [2.05, 4.69) is 10.5 Å². The van der Waals surface area contributed by atoms with Crippen molar-refractivity contribution in [2.75, 3.05) is 5.32 Å². The van der Waals surface area contributed by atoms with Gasteiger partial charge in [0.2, 0.25) is 0 Å². The van der Waals surface area contributed by atoms with Gasteiger partial charge in [-0.15, -0.1) is 0 Å². The summed E-state index contributed by atoms with van der Waals surface area (Å²) in [5.74, 6) is 0.725. The van der Waals surface area contributed by atoms with E-state index in [9.17, 15) is 4.79 Å². The van der Waals surface area contributed by atoms with Crippen molar-refractivity contribution in [1.82, 2.24) is 14.7 Å². The summed E-state index contributed by atoms with van der Waals surface area (Å²) in [6, 6.07) is 23.9. The topological polar surface area (TPSA) is 96.8 Å². The molecule has 0 fully saturated rings. The lowest BCUT2D eigenvalue weighted by Crippen LogP contribution is -2.26. The SMILES string of the molecule is N=Cc1c(Nc2ccccc2)nc(-c2ccc(-c3cnoc3)cc2)n(-c2ccc(Cl)cc2)c1=O. The highest BCUT2D eigenvalue weighted by Gasteiger charge is 2.18. The van der Waals surface area contributed by atoms with Crippen molar-refractivity contribution in [2.45, 2.75) is 0 Å². The van der Waals surface area contributed by atoms with E-state index in [1.165, 1.54) is 4.57 Å². The average molecular weight is 468 g/mol. The molecule has 0 bridgehead atoms. The van der Waals surface area contributed by atoms with Crippen molar-refractivity contribution in [3.05, 3.63) is 112 Å². The minimum absolute atomic E-state index is 0.142. The molecule has 0 radical (unpaired) electrons. The molecule has 8 heteroatoms. The Kier molecular flexibility index (Phi) is 5.76. The third-order valence-electron chi connectivity index (χ3n) is 5.29. The van der Waals surface area contributed by atoms with Crippen LogP contribution in [-0.2, 0) is 0 Å². The lowest BCUT2D eigenvalue weighted by molar-refractivity contribution is 0.420. The Morgan fingerprint density at radius 1 is 0.912 bits per heavy atom. The predicted octanol–water partition coefficient (Wildman–Crippen LogP) is 5.95. The number of hydrogen-bond acceptors (Lipinski definition) is 6. The predicted molar refractivity (Wildman–Crippen MR) is 133 cm³/mol. The zero-order chi connectivity index (χ0) is 23.5. The number of anilines is 2. The second kappa shape index (κ2) is 9.17. The normalized spacial score (nSPS) is 10.7. The van der Waals surface area contributed by atoms with Crippen molar-refractivity contribution in [1.29, 1.82) is 5.41 Å². The molecule has 0 saturated carbocycles. The quantitative estimate of drug-likeness (QED) is 0.301. The van der Waals surface area contributed by atoms with Crippen LogP contribution < -0.4 is 10.9 Å². The summed E-state index contributed by atoms with van der Waals surface area (Å²) < 4.78 is 6.42. The number of para-hydroxylation sites is 1. The van der Waals surface area contributed by atoms with Crippen molar-refractivity contribution in [3.8, 4) is 28.2 Å². The van der Waals surface area contributed by atoms with Crippen molar-refractivity contribution < 1.29 is 4.52 Å². The molecule has 0 atom stereocenters. The largest absolute Gasteiger partial charge is 0.364 e. The Labute approximate surface area is 199 Å². The smallest absolute Gasteiger partial charge is 0.269 e. The number of halogens is 1. The van der Waals surface area contributed by atoms with Gasteiger partial charge in [-0.1, -0.05) is 59.2 Å². The van der Waals surface area contributed by atoms with Crippen molar-refractivity contribution in [2.24, 2.45) is 0 Å². The van der Waals surface area contributed by atoms with Gasteiger partial charge in [0.15, 0.2) is 0 Å². The maximum absolute atomic E-state index is 13.6. The van der Waals surface area contributed by atoms with Gasteiger partial charge in [0, 0.05) is 28.1 Å². The molecule has 0 aliphatic rings. The molecular formula is C26H18ClN5O2. The molecule has 0 unspecified atom stereocenters. The Bertz CT molecular complexity index is 1490. The zero-order valence-corrected chi connectivity index (χ0v) is 18.5. The van der Waals surface area contributed by atoms with Crippen LogP contribution in [0.4, 0.5) is 11.5 Å². The molecule has 2 N–H and O–H groups in total. The van der Waals surface area contributed by atoms with Crippen LogP contribution in [0.2, 0.25) is 5.02 Å². The van der Waals surface area contributed by atoms with E-state index in [1.54, 1.807) is 36.7 Å². The Morgan fingerprint density at radius 2 is 1.62 bits per heavy atom. The molecule has 5 rings (SSSR count). The monoisotopic (exact) mass is 467 g/mol. The number of aromatic nitrogens is 3.